The summed E-state index contributed by atoms with van der Waals surface area (Å²) in [7, 11) is 1.84. The molecule has 2 aliphatic rings. The maximum absolute atomic E-state index is 12.7. The van der Waals surface area contributed by atoms with Crippen molar-refractivity contribution in [2.45, 2.75) is 25.4 Å². The van der Waals surface area contributed by atoms with Crippen LogP contribution in [0.5, 0.6) is 0 Å². The summed E-state index contributed by atoms with van der Waals surface area (Å²) in [5.41, 5.74) is 1.75. The minimum atomic E-state index is -0.614. The Kier molecular flexibility index (Phi) is 4.18. The van der Waals surface area contributed by atoms with E-state index in [0.29, 0.717) is 43.0 Å². The van der Waals surface area contributed by atoms with E-state index in [2.05, 4.69) is 15.5 Å². The van der Waals surface area contributed by atoms with Gasteiger partial charge in [-0.1, -0.05) is 5.16 Å². The Morgan fingerprint density at radius 2 is 2.15 bits per heavy atom. The number of carbonyl (C=O) groups excluding carboxylic acids is 2. The molecule has 27 heavy (non-hydrogen) atoms. The Hall–Kier alpha value is -3.16. The summed E-state index contributed by atoms with van der Waals surface area (Å²) in [6.45, 7) is 2.83. The molecule has 4 rings (SSSR count). The number of pyridine rings is 1. The van der Waals surface area contributed by atoms with Gasteiger partial charge in [0, 0.05) is 38.8 Å². The summed E-state index contributed by atoms with van der Waals surface area (Å²) < 4.78 is 1.80. The molecule has 8 nitrogen and oxygen atoms in total. The van der Waals surface area contributed by atoms with Crippen molar-refractivity contribution in [3.63, 3.8) is 0 Å². The Balaban J connectivity index is 1.40. The van der Waals surface area contributed by atoms with Crippen molar-refractivity contribution in [1.82, 2.24) is 14.5 Å². The molecule has 1 saturated heterocycles. The van der Waals surface area contributed by atoms with Crippen molar-refractivity contribution >= 4 is 23.2 Å². The van der Waals surface area contributed by atoms with Gasteiger partial charge in [-0.3, -0.25) is 14.6 Å². The highest BCUT2D eigenvalue weighted by molar-refractivity contribution is 6.43. The van der Waals surface area contributed by atoms with Crippen LogP contribution in [-0.2, 0) is 16.7 Å². The van der Waals surface area contributed by atoms with Gasteiger partial charge in [-0.05, 0) is 31.2 Å². The van der Waals surface area contributed by atoms with Crippen LogP contribution in [0.15, 0.2) is 41.8 Å². The summed E-state index contributed by atoms with van der Waals surface area (Å²) in [5.74, 6) is -0.331. The molecular formula is C19H21N5O3. The molecule has 0 aliphatic carbocycles. The van der Waals surface area contributed by atoms with Crippen molar-refractivity contribution in [2.75, 3.05) is 18.4 Å². The van der Waals surface area contributed by atoms with Gasteiger partial charge in [0.15, 0.2) is 5.60 Å². The molecule has 0 bridgehead atoms. The lowest BCUT2D eigenvalue weighted by Gasteiger charge is -2.21. The number of carbonyl (C=O) groups is 2. The van der Waals surface area contributed by atoms with Crippen LogP contribution in [0.2, 0.25) is 0 Å². The SMILES string of the molecule is Cc1ncccc1NC(=O)C1=NOC2(CCN(C(=O)c3cccn3C)C2)C1. The lowest BCUT2D eigenvalue weighted by molar-refractivity contribution is -0.110. The molecule has 1 N–H and O–H groups in total. The van der Waals surface area contributed by atoms with Crippen LogP contribution in [-0.4, -0.2) is 50.7 Å². The van der Waals surface area contributed by atoms with Crippen molar-refractivity contribution in [3.05, 3.63) is 48.0 Å². The van der Waals surface area contributed by atoms with Gasteiger partial charge < -0.3 is 19.6 Å². The average Bonchev–Trinajstić information content (AvgIpc) is 3.38. The Morgan fingerprint density at radius 3 is 2.89 bits per heavy atom. The molecule has 0 aromatic carbocycles. The van der Waals surface area contributed by atoms with E-state index in [1.165, 1.54) is 0 Å². The van der Waals surface area contributed by atoms with E-state index in [1.54, 1.807) is 33.9 Å². The molecule has 4 heterocycles. The van der Waals surface area contributed by atoms with Crippen molar-refractivity contribution in [1.29, 1.82) is 0 Å². The summed E-state index contributed by atoms with van der Waals surface area (Å²) >= 11 is 0. The third-order valence-corrected chi connectivity index (χ3v) is 5.12. The van der Waals surface area contributed by atoms with E-state index >= 15 is 0 Å². The van der Waals surface area contributed by atoms with Gasteiger partial charge in [-0.25, -0.2) is 0 Å². The molecule has 1 fully saturated rings. The number of hydrogen-bond donors (Lipinski definition) is 1. The van der Waals surface area contributed by atoms with Crippen LogP contribution in [0.3, 0.4) is 0 Å². The molecule has 1 atom stereocenters. The van der Waals surface area contributed by atoms with Crippen LogP contribution in [0.1, 0.15) is 29.0 Å². The minimum Gasteiger partial charge on any atom is -0.386 e. The van der Waals surface area contributed by atoms with Crippen LogP contribution < -0.4 is 5.32 Å². The third kappa shape index (κ3) is 3.18. The molecule has 0 saturated carbocycles. The average molecular weight is 367 g/mol. The van der Waals surface area contributed by atoms with Gasteiger partial charge in [0.05, 0.1) is 17.9 Å². The second-order valence-electron chi connectivity index (χ2n) is 7.06. The maximum atomic E-state index is 12.7. The molecule has 2 amide bonds. The van der Waals surface area contributed by atoms with Crippen LogP contribution >= 0.6 is 0 Å². The number of hydrogen-bond acceptors (Lipinski definition) is 5. The number of oxime groups is 1. The first-order chi connectivity index (χ1) is 13.0. The number of rotatable bonds is 3. The number of nitrogens with zero attached hydrogens (tertiary/aromatic N) is 4. The zero-order chi connectivity index (χ0) is 19.0. The van der Waals surface area contributed by atoms with Crippen molar-refractivity contribution < 1.29 is 14.4 Å². The van der Waals surface area contributed by atoms with Gasteiger partial charge in [0.25, 0.3) is 11.8 Å². The van der Waals surface area contributed by atoms with Gasteiger partial charge >= 0.3 is 0 Å². The monoisotopic (exact) mass is 367 g/mol. The largest absolute Gasteiger partial charge is 0.386 e. The van der Waals surface area contributed by atoms with Crippen molar-refractivity contribution in [2.24, 2.45) is 12.2 Å². The van der Waals surface area contributed by atoms with E-state index in [4.69, 9.17) is 4.84 Å². The second kappa shape index (κ2) is 6.53. The predicted octanol–water partition coefficient (Wildman–Crippen LogP) is 1.73. The molecule has 2 aromatic heterocycles. The molecule has 1 spiro atoms. The highest BCUT2D eigenvalue weighted by atomic mass is 16.7. The van der Waals surface area contributed by atoms with Crippen LogP contribution in [0, 0.1) is 6.92 Å². The van der Waals surface area contributed by atoms with Gasteiger partial charge in [0.1, 0.15) is 11.4 Å². The molecule has 140 valence electrons. The lowest BCUT2D eigenvalue weighted by Crippen LogP contribution is -2.38. The van der Waals surface area contributed by atoms with E-state index < -0.39 is 5.60 Å². The topological polar surface area (TPSA) is 88.8 Å². The Morgan fingerprint density at radius 1 is 1.30 bits per heavy atom. The molecule has 2 aromatic rings. The van der Waals surface area contributed by atoms with Crippen LogP contribution in [0.4, 0.5) is 5.69 Å². The summed E-state index contributed by atoms with van der Waals surface area (Å²) in [4.78, 5) is 36.8. The molecule has 1 unspecified atom stereocenters. The Bertz CT molecular complexity index is 935. The zero-order valence-corrected chi connectivity index (χ0v) is 15.3. The first-order valence-electron chi connectivity index (χ1n) is 8.86. The number of likely N-dealkylation sites (tertiary alicyclic amines) is 1. The fourth-order valence-electron chi connectivity index (χ4n) is 3.54. The minimum absolute atomic E-state index is 0.0353. The van der Waals surface area contributed by atoms with Crippen molar-refractivity contribution in [3.8, 4) is 0 Å². The number of aromatic nitrogens is 2. The second-order valence-corrected chi connectivity index (χ2v) is 7.06. The maximum Gasteiger partial charge on any atom is 0.273 e. The normalized spacial score (nSPS) is 21.3. The van der Waals surface area contributed by atoms with Gasteiger partial charge in [-0.2, -0.15) is 0 Å². The van der Waals surface area contributed by atoms with E-state index in [1.807, 2.05) is 26.2 Å². The van der Waals surface area contributed by atoms with Crippen LogP contribution in [0.25, 0.3) is 0 Å². The van der Waals surface area contributed by atoms with E-state index in [9.17, 15) is 9.59 Å². The van der Waals surface area contributed by atoms with E-state index in [-0.39, 0.29) is 11.8 Å². The molecule has 0 radical (unpaired) electrons. The highest BCUT2D eigenvalue weighted by Crippen LogP contribution is 2.34. The smallest absolute Gasteiger partial charge is 0.273 e. The predicted molar refractivity (Wildman–Crippen MR) is 99.4 cm³/mol. The highest BCUT2D eigenvalue weighted by Gasteiger charge is 2.48. The zero-order valence-electron chi connectivity index (χ0n) is 15.3. The molecule has 2 aliphatic heterocycles. The fourth-order valence-corrected chi connectivity index (χ4v) is 3.54. The number of nitrogens with one attached hydrogen (secondary N) is 1. The summed E-state index contributed by atoms with van der Waals surface area (Å²) in [6, 6.07) is 7.20. The lowest BCUT2D eigenvalue weighted by atomic mass is 9.96. The quantitative estimate of drug-likeness (QED) is 0.895. The number of anilines is 1. The first-order valence-corrected chi connectivity index (χ1v) is 8.86. The molecule has 8 heteroatoms. The molecular weight excluding hydrogens is 346 g/mol. The van der Waals surface area contributed by atoms with Gasteiger partial charge in [-0.15, -0.1) is 0 Å². The van der Waals surface area contributed by atoms with E-state index in [0.717, 1.165) is 5.69 Å². The summed E-state index contributed by atoms with van der Waals surface area (Å²) in [6.07, 6.45) is 4.55. The fraction of sp³-hybridized carbons (Fsp3) is 0.368. The first kappa shape index (κ1) is 17.3. The third-order valence-electron chi connectivity index (χ3n) is 5.12. The summed E-state index contributed by atoms with van der Waals surface area (Å²) in [5, 5.41) is 6.84. The van der Waals surface area contributed by atoms with Gasteiger partial charge in [0.2, 0.25) is 0 Å². The number of aryl methyl sites for hydroxylation is 2. The standard InChI is InChI=1S/C19H21N5O3/c1-13-14(5-3-8-20-13)21-17(25)15-11-19(27-22-15)7-10-24(12-19)18(26)16-6-4-9-23(16)2/h3-6,8-9H,7,10-12H2,1-2H3,(H,21,25). The number of amides is 2. The Labute approximate surface area is 156 Å².